The molecule has 1 aromatic carbocycles. The van der Waals surface area contributed by atoms with Crippen LogP contribution in [0, 0.1) is 0 Å². The molecule has 0 spiro atoms. The maximum atomic E-state index is 12.3. The predicted octanol–water partition coefficient (Wildman–Crippen LogP) is 2.47. The number of nitrogens with zero attached hydrogens (tertiary/aromatic N) is 3. The van der Waals surface area contributed by atoms with Crippen LogP contribution >= 0.6 is 12.4 Å². The number of nitrogens with one attached hydrogen (secondary N) is 3. The summed E-state index contributed by atoms with van der Waals surface area (Å²) in [5, 5.41) is 10.8. The largest absolute Gasteiger partial charge is 0.351 e. The first-order chi connectivity index (χ1) is 12.8. The third-order valence-corrected chi connectivity index (χ3v) is 4.80. The van der Waals surface area contributed by atoms with E-state index >= 15 is 0 Å². The SMILES string of the molecule is Cl.O=C(NCCCc1nc2ccccc2[nH]1)c1ccn(C2CCCNC2)n1. The van der Waals surface area contributed by atoms with E-state index < -0.39 is 0 Å². The van der Waals surface area contributed by atoms with Crippen molar-refractivity contribution in [1.82, 2.24) is 30.4 Å². The molecule has 144 valence electrons. The highest BCUT2D eigenvalue weighted by atomic mass is 35.5. The topological polar surface area (TPSA) is 87.6 Å². The van der Waals surface area contributed by atoms with Crippen LogP contribution in [0.4, 0.5) is 0 Å². The maximum Gasteiger partial charge on any atom is 0.271 e. The average molecular weight is 389 g/mol. The van der Waals surface area contributed by atoms with Gasteiger partial charge in [0.2, 0.25) is 0 Å². The van der Waals surface area contributed by atoms with Crippen molar-refractivity contribution in [2.45, 2.75) is 31.7 Å². The Kier molecular flexibility index (Phi) is 6.47. The van der Waals surface area contributed by atoms with Crippen LogP contribution in [0.15, 0.2) is 36.5 Å². The van der Waals surface area contributed by atoms with E-state index in [4.69, 9.17) is 0 Å². The van der Waals surface area contributed by atoms with E-state index in [1.807, 2.05) is 35.1 Å². The zero-order valence-corrected chi connectivity index (χ0v) is 16.0. The number of fused-ring (bicyclic) bond motifs is 1. The van der Waals surface area contributed by atoms with Gasteiger partial charge in [0, 0.05) is 25.7 Å². The fourth-order valence-electron chi connectivity index (χ4n) is 3.39. The Morgan fingerprint density at radius 2 is 2.19 bits per heavy atom. The van der Waals surface area contributed by atoms with Gasteiger partial charge in [0.15, 0.2) is 0 Å². The lowest BCUT2D eigenvalue weighted by atomic mass is 10.1. The molecule has 27 heavy (non-hydrogen) atoms. The quantitative estimate of drug-likeness (QED) is 0.566. The summed E-state index contributed by atoms with van der Waals surface area (Å²) in [5.74, 6) is 0.839. The van der Waals surface area contributed by atoms with E-state index in [2.05, 4.69) is 25.7 Å². The molecular weight excluding hydrogens is 364 g/mol. The number of aryl methyl sites for hydroxylation is 1. The fourth-order valence-corrected chi connectivity index (χ4v) is 3.39. The number of amides is 1. The van der Waals surface area contributed by atoms with E-state index in [1.165, 1.54) is 0 Å². The third-order valence-electron chi connectivity index (χ3n) is 4.80. The number of H-pyrrole nitrogens is 1. The number of halogens is 1. The highest BCUT2D eigenvalue weighted by molar-refractivity contribution is 5.92. The number of carbonyl (C=O) groups excluding carboxylic acids is 1. The monoisotopic (exact) mass is 388 g/mol. The number of carbonyl (C=O) groups is 1. The van der Waals surface area contributed by atoms with E-state index in [-0.39, 0.29) is 18.3 Å². The zero-order chi connectivity index (χ0) is 17.8. The lowest BCUT2D eigenvalue weighted by Gasteiger charge is -2.22. The van der Waals surface area contributed by atoms with E-state index in [0.29, 0.717) is 18.3 Å². The molecule has 8 heteroatoms. The fraction of sp³-hybridized carbons (Fsp3) is 0.421. The molecule has 1 fully saturated rings. The van der Waals surface area contributed by atoms with Crippen LogP contribution in [0.2, 0.25) is 0 Å². The number of aromatic nitrogens is 4. The number of hydrogen-bond acceptors (Lipinski definition) is 4. The summed E-state index contributed by atoms with van der Waals surface area (Å²) in [4.78, 5) is 20.1. The van der Waals surface area contributed by atoms with Gasteiger partial charge in [-0.25, -0.2) is 4.98 Å². The minimum atomic E-state index is -0.114. The highest BCUT2D eigenvalue weighted by Gasteiger charge is 2.17. The Bertz CT molecular complexity index is 850. The van der Waals surface area contributed by atoms with Gasteiger partial charge in [-0.05, 0) is 44.0 Å². The smallest absolute Gasteiger partial charge is 0.271 e. The van der Waals surface area contributed by atoms with Crippen LogP contribution in [0.1, 0.15) is 41.6 Å². The van der Waals surface area contributed by atoms with Crippen molar-refractivity contribution in [3.63, 3.8) is 0 Å². The van der Waals surface area contributed by atoms with Gasteiger partial charge >= 0.3 is 0 Å². The summed E-state index contributed by atoms with van der Waals surface area (Å²) in [6.45, 7) is 2.59. The minimum Gasteiger partial charge on any atom is -0.351 e. The molecule has 0 bridgehead atoms. The van der Waals surface area contributed by atoms with Crippen molar-refractivity contribution >= 4 is 29.3 Å². The van der Waals surface area contributed by atoms with Crippen molar-refractivity contribution in [2.24, 2.45) is 0 Å². The normalized spacial score (nSPS) is 16.8. The Morgan fingerprint density at radius 3 is 3.00 bits per heavy atom. The lowest BCUT2D eigenvalue weighted by molar-refractivity contribution is 0.0947. The summed E-state index contributed by atoms with van der Waals surface area (Å²) in [7, 11) is 0. The summed E-state index contributed by atoms with van der Waals surface area (Å²) in [6, 6.07) is 10.1. The zero-order valence-electron chi connectivity index (χ0n) is 15.1. The second-order valence-electron chi connectivity index (χ2n) is 6.74. The van der Waals surface area contributed by atoms with Crippen molar-refractivity contribution in [2.75, 3.05) is 19.6 Å². The number of piperidine rings is 1. The predicted molar refractivity (Wildman–Crippen MR) is 107 cm³/mol. The molecule has 1 aliphatic heterocycles. The van der Waals surface area contributed by atoms with Crippen LogP contribution in [-0.2, 0) is 6.42 Å². The molecule has 1 atom stereocenters. The summed E-state index contributed by atoms with van der Waals surface area (Å²) in [5.41, 5.74) is 2.52. The average Bonchev–Trinajstić information content (AvgIpc) is 3.32. The van der Waals surface area contributed by atoms with Gasteiger partial charge in [-0.2, -0.15) is 5.10 Å². The molecule has 1 aliphatic rings. The lowest BCUT2D eigenvalue weighted by Crippen LogP contribution is -2.32. The molecule has 7 nitrogen and oxygen atoms in total. The van der Waals surface area contributed by atoms with Gasteiger partial charge in [-0.15, -0.1) is 12.4 Å². The first-order valence-corrected chi connectivity index (χ1v) is 9.27. The molecule has 0 saturated carbocycles. The number of imidazole rings is 1. The van der Waals surface area contributed by atoms with Gasteiger partial charge in [0.05, 0.1) is 17.1 Å². The Hall–Kier alpha value is -2.38. The van der Waals surface area contributed by atoms with Gasteiger partial charge < -0.3 is 15.6 Å². The Morgan fingerprint density at radius 1 is 1.30 bits per heavy atom. The van der Waals surface area contributed by atoms with Gasteiger partial charge in [-0.1, -0.05) is 12.1 Å². The molecule has 3 heterocycles. The molecule has 1 amide bonds. The van der Waals surface area contributed by atoms with E-state index in [9.17, 15) is 4.79 Å². The summed E-state index contributed by atoms with van der Waals surface area (Å²) in [6.07, 6.45) is 5.79. The number of para-hydroxylation sites is 2. The first-order valence-electron chi connectivity index (χ1n) is 9.27. The van der Waals surface area contributed by atoms with E-state index in [1.54, 1.807) is 6.07 Å². The molecular formula is C19H25ClN6O. The van der Waals surface area contributed by atoms with Crippen LogP contribution in [0.3, 0.4) is 0 Å². The Labute approximate surface area is 164 Å². The van der Waals surface area contributed by atoms with Crippen molar-refractivity contribution in [3.8, 4) is 0 Å². The first kappa shape index (κ1) is 19.4. The van der Waals surface area contributed by atoms with Crippen molar-refractivity contribution < 1.29 is 4.79 Å². The van der Waals surface area contributed by atoms with Gasteiger partial charge in [0.1, 0.15) is 11.5 Å². The van der Waals surface area contributed by atoms with E-state index in [0.717, 1.165) is 55.6 Å². The number of rotatable bonds is 6. The molecule has 0 aliphatic carbocycles. The van der Waals surface area contributed by atoms with Crippen LogP contribution in [-0.4, -0.2) is 45.3 Å². The number of hydrogen-bond donors (Lipinski definition) is 3. The molecule has 0 radical (unpaired) electrons. The van der Waals surface area contributed by atoms with Gasteiger partial charge in [-0.3, -0.25) is 9.48 Å². The summed E-state index contributed by atoms with van der Waals surface area (Å²) >= 11 is 0. The molecule has 1 unspecified atom stereocenters. The molecule has 3 aromatic rings. The third kappa shape index (κ3) is 4.67. The molecule has 1 saturated heterocycles. The highest BCUT2D eigenvalue weighted by Crippen LogP contribution is 2.15. The summed E-state index contributed by atoms with van der Waals surface area (Å²) < 4.78 is 1.91. The second kappa shape index (κ2) is 9.01. The standard InChI is InChI=1S/C19H24N6O.ClH/c26-19(17-9-12-25(24-17)14-5-3-10-20-13-14)21-11-4-8-18-22-15-6-1-2-7-16(15)23-18;/h1-2,6-7,9,12,14,20H,3-5,8,10-11,13H2,(H,21,26)(H,22,23);1H. The number of benzene rings is 1. The molecule has 2 aromatic heterocycles. The van der Waals surface area contributed by atoms with Gasteiger partial charge in [0.25, 0.3) is 5.91 Å². The van der Waals surface area contributed by atoms with Crippen LogP contribution < -0.4 is 10.6 Å². The molecule has 4 rings (SSSR count). The number of aromatic amines is 1. The van der Waals surface area contributed by atoms with Crippen molar-refractivity contribution in [1.29, 1.82) is 0 Å². The second-order valence-corrected chi connectivity index (χ2v) is 6.74. The van der Waals surface area contributed by atoms with Crippen LogP contribution in [0.5, 0.6) is 0 Å². The van der Waals surface area contributed by atoms with Crippen molar-refractivity contribution in [3.05, 3.63) is 48.0 Å². The molecule has 3 N–H and O–H groups in total. The maximum absolute atomic E-state index is 12.3. The minimum absolute atomic E-state index is 0. The Balaban J connectivity index is 0.00000210. The van der Waals surface area contributed by atoms with Crippen LogP contribution in [0.25, 0.3) is 11.0 Å².